The van der Waals surface area contributed by atoms with Gasteiger partial charge < -0.3 is 4.90 Å². The standard InChI is InChI=1S/C16H15F4N5S/c1-24(8-11-9-25(2)23-14(11)16(18,19)20)15-22-21-13(26-15)7-10-5-3-4-6-12(10)17/h3-6,9H,7-8H2,1-2H3. The van der Waals surface area contributed by atoms with Gasteiger partial charge in [0, 0.05) is 38.8 Å². The van der Waals surface area contributed by atoms with E-state index >= 15 is 0 Å². The zero-order valence-corrected chi connectivity index (χ0v) is 14.8. The highest BCUT2D eigenvalue weighted by Crippen LogP contribution is 2.32. The lowest BCUT2D eigenvalue weighted by Crippen LogP contribution is -2.19. The molecule has 2 aromatic heterocycles. The van der Waals surface area contributed by atoms with Gasteiger partial charge in [0.25, 0.3) is 0 Å². The first kappa shape index (κ1) is 18.3. The second-order valence-corrected chi connectivity index (χ2v) is 6.82. The van der Waals surface area contributed by atoms with Crippen LogP contribution < -0.4 is 4.90 Å². The Balaban J connectivity index is 1.75. The molecule has 0 saturated carbocycles. The van der Waals surface area contributed by atoms with E-state index in [1.54, 1.807) is 30.1 Å². The van der Waals surface area contributed by atoms with Gasteiger partial charge in [0.05, 0.1) is 0 Å². The number of halogens is 4. The van der Waals surface area contributed by atoms with Gasteiger partial charge in [0.1, 0.15) is 10.8 Å². The van der Waals surface area contributed by atoms with Gasteiger partial charge >= 0.3 is 6.18 Å². The van der Waals surface area contributed by atoms with Crippen LogP contribution in [0.2, 0.25) is 0 Å². The molecule has 3 rings (SSSR count). The van der Waals surface area contributed by atoms with Crippen molar-refractivity contribution >= 4 is 16.5 Å². The van der Waals surface area contributed by atoms with Crippen LogP contribution in [-0.2, 0) is 26.2 Å². The van der Waals surface area contributed by atoms with Crippen LogP contribution >= 0.6 is 11.3 Å². The number of aromatic nitrogens is 4. The summed E-state index contributed by atoms with van der Waals surface area (Å²) in [4.78, 5) is 1.56. The molecule has 0 fully saturated rings. The normalized spacial score (nSPS) is 11.8. The first-order valence-electron chi connectivity index (χ1n) is 7.60. The fourth-order valence-corrected chi connectivity index (χ4v) is 3.31. The van der Waals surface area contributed by atoms with Gasteiger partial charge in [-0.15, -0.1) is 10.2 Å². The number of rotatable bonds is 5. The Kier molecular flexibility index (Phi) is 4.94. The third kappa shape index (κ3) is 4.01. The molecule has 0 aliphatic rings. The van der Waals surface area contributed by atoms with Crippen molar-refractivity contribution in [3.8, 4) is 0 Å². The minimum absolute atomic E-state index is 0.0169. The monoisotopic (exact) mass is 385 g/mol. The van der Waals surface area contributed by atoms with Crippen molar-refractivity contribution in [2.75, 3.05) is 11.9 Å². The van der Waals surface area contributed by atoms with Gasteiger partial charge in [0.15, 0.2) is 5.69 Å². The first-order chi connectivity index (χ1) is 12.2. The van der Waals surface area contributed by atoms with E-state index in [1.165, 1.54) is 30.6 Å². The van der Waals surface area contributed by atoms with Crippen LogP contribution in [0.1, 0.15) is 21.8 Å². The highest BCUT2D eigenvalue weighted by molar-refractivity contribution is 7.15. The van der Waals surface area contributed by atoms with E-state index in [-0.39, 0.29) is 24.3 Å². The molecule has 0 bridgehead atoms. The van der Waals surface area contributed by atoms with Crippen LogP contribution in [0.3, 0.4) is 0 Å². The summed E-state index contributed by atoms with van der Waals surface area (Å²) in [7, 11) is 3.07. The highest BCUT2D eigenvalue weighted by atomic mass is 32.1. The predicted molar refractivity (Wildman–Crippen MR) is 89.4 cm³/mol. The van der Waals surface area contributed by atoms with Gasteiger partial charge in [-0.3, -0.25) is 4.68 Å². The molecule has 1 aromatic carbocycles. The van der Waals surface area contributed by atoms with E-state index in [4.69, 9.17) is 0 Å². The smallest absolute Gasteiger partial charge is 0.345 e. The van der Waals surface area contributed by atoms with E-state index in [1.807, 2.05) is 0 Å². The van der Waals surface area contributed by atoms with Gasteiger partial charge in [-0.25, -0.2) is 4.39 Å². The maximum Gasteiger partial charge on any atom is 0.435 e. The van der Waals surface area contributed by atoms with E-state index in [0.717, 1.165) is 4.68 Å². The fraction of sp³-hybridized carbons (Fsp3) is 0.312. The number of hydrogen-bond donors (Lipinski definition) is 0. The topological polar surface area (TPSA) is 46.8 Å². The zero-order chi connectivity index (χ0) is 18.9. The predicted octanol–water partition coefficient (Wildman–Crippen LogP) is 3.66. The van der Waals surface area contributed by atoms with Crippen LogP contribution in [0, 0.1) is 5.82 Å². The highest BCUT2D eigenvalue weighted by Gasteiger charge is 2.37. The van der Waals surface area contributed by atoms with E-state index in [2.05, 4.69) is 15.3 Å². The van der Waals surface area contributed by atoms with Crippen molar-refractivity contribution in [3.63, 3.8) is 0 Å². The maximum absolute atomic E-state index is 13.7. The van der Waals surface area contributed by atoms with Crippen molar-refractivity contribution in [1.82, 2.24) is 20.0 Å². The Morgan fingerprint density at radius 2 is 1.88 bits per heavy atom. The maximum atomic E-state index is 13.7. The van der Waals surface area contributed by atoms with Crippen LogP contribution in [0.15, 0.2) is 30.5 Å². The Morgan fingerprint density at radius 3 is 2.58 bits per heavy atom. The second-order valence-electron chi connectivity index (χ2n) is 5.78. The lowest BCUT2D eigenvalue weighted by molar-refractivity contribution is -0.142. The molecule has 0 aliphatic carbocycles. The number of benzene rings is 1. The van der Waals surface area contributed by atoms with Crippen molar-refractivity contribution < 1.29 is 17.6 Å². The summed E-state index contributed by atoms with van der Waals surface area (Å²) in [5.41, 5.74) is -0.374. The number of nitrogens with zero attached hydrogens (tertiary/aromatic N) is 5. The van der Waals surface area contributed by atoms with Gasteiger partial charge in [0.2, 0.25) is 5.13 Å². The Hall–Kier alpha value is -2.49. The van der Waals surface area contributed by atoms with Crippen LogP contribution in [0.4, 0.5) is 22.7 Å². The van der Waals surface area contributed by atoms with Gasteiger partial charge in [-0.1, -0.05) is 29.5 Å². The summed E-state index contributed by atoms with van der Waals surface area (Å²) in [5, 5.41) is 12.5. The SMILES string of the molecule is CN(Cc1cn(C)nc1C(F)(F)F)c1nnc(Cc2ccccc2F)s1. The molecule has 2 heterocycles. The largest absolute Gasteiger partial charge is 0.435 e. The summed E-state index contributed by atoms with van der Waals surface area (Å²) in [6.07, 6.45) is -2.91. The second kappa shape index (κ2) is 7.02. The number of alkyl halides is 3. The molecule has 0 N–H and O–H groups in total. The lowest BCUT2D eigenvalue weighted by atomic mass is 10.1. The lowest BCUT2D eigenvalue weighted by Gasteiger charge is -2.15. The molecule has 0 amide bonds. The minimum Gasteiger partial charge on any atom is -0.345 e. The Morgan fingerprint density at radius 1 is 1.15 bits per heavy atom. The third-order valence-corrected chi connectivity index (χ3v) is 4.70. The molecule has 26 heavy (non-hydrogen) atoms. The van der Waals surface area contributed by atoms with Gasteiger partial charge in [-0.05, 0) is 11.6 Å². The quantitative estimate of drug-likeness (QED) is 0.629. The average Bonchev–Trinajstić information content (AvgIpc) is 3.16. The molecule has 0 saturated heterocycles. The molecule has 0 unspecified atom stereocenters. The summed E-state index contributed by atoms with van der Waals surface area (Å²) in [5.74, 6) is -0.331. The minimum atomic E-state index is -4.52. The average molecular weight is 385 g/mol. The molecule has 5 nitrogen and oxygen atoms in total. The summed E-state index contributed by atoms with van der Waals surface area (Å²) in [6.45, 7) is -0.0169. The number of anilines is 1. The summed E-state index contributed by atoms with van der Waals surface area (Å²) >= 11 is 1.21. The summed E-state index contributed by atoms with van der Waals surface area (Å²) < 4.78 is 54.0. The molecular formula is C16H15F4N5S. The zero-order valence-electron chi connectivity index (χ0n) is 14.0. The summed E-state index contributed by atoms with van der Waals surface area (Å²) in [6, 6.07) is 6.35. The molecule has 0 spiro atoms. The first-order valence-corrected chi connectivity index (χ1v) is 8.42. The third-order valence-electron chi connectivity index (χ3n) is 3.66. The van der Waals surface area contributed by atoms with E-state index in [0.29, 0.717) is 15.7 Å². The fourth-order valence-electron chi connectivity index (χ4n) is 2.49. The van der Waals surface area contributed by atoms with Crippen molar-refractivity contribution in [2.45, 2.75) is 19.1 Å². The molecule has 138 valence electrons. The van der Waals surface area contributed by atoms with E-state index < -0.39 is 11.9 Å². The van der Waals surface area contributed by atoms with Gasteiger partial charge in [-0.2, -0.15) is 18.3 Å². The Labute approximate surface area is 150 Å². The van der Waals surface area contributed by atoms with E-state index in [9.17, 15) is 17.6 Å². The van der Waals surface area contributed by atoms with Crippen molar-refractivity contribution in [2.24, 2.45) is 7.05 Å². The van der Waals surface area contributed by atoms with Crippen LogP contribution in [0.5, 0.6) is 0 Å². The molecule has 0 radical (unpaired) electrons. The number of hydrogen-bond acceptors (Lipinski definition) is 5. The Bertz CT molecular complexity index is 902. The molecule has 0 aliphatic heterocycles. The van der Waals surface area contributed by atoms with Crippen LogP contribution in [-0.4, -0.2) is 27.0 Å². The molecular weight excluding hydrogens is 370 g/mol. The molecule has 10 heteroatoms. The van der Waals surface area contributed by atoms with Crippen molar-refractivity contribution in [1.29, 1.82) is 0 Å². The van der Waals surface area contributed by atoms with Crippen LogP contribution in [0.25, 0.3) is 0 Å². The molecule has 0 atom stereocenters. The van der Waals surface area contributed by atoms with Crippen molar-refractivity contribution in [3.05, 3.63) is 58.1 Å². The number of aryl methyl sites for hydroxylation is 1. The molecule has 3 aromatic rings.